The van der Waals surface area contributed by atoms with Crippen LogP contribution >= 0.6 is 11.3 Å². The van der Waals surface area contributed by atoms with Crippen LogP contribution in [0.3, 0.4) is 0 Å². The number of carbonyl (C=O) groups excluding carboxylic acids is 1. The maximum absolute atomic E-state index is 12.3. The van der Waals surface area contributed by atoms with Gasteiger partial charge in [-0.25, -0.2) is 4.98 Å². The van der Waals surface area contributed by atoms with Gasteiger partial charge in [0.1, 0.15) is 16.5 Å². The van der Waals surface area contributed by atoms with Gasteiger partial charge in [0.25, 0.3) is 5.91 Å². The first-order chi connectivity index (χ1) is 12.1. The number of ether oxygens (including phenoxy) is 1. The normalized spacial score (nSPS) is 10.7. The van der Waals surface area contributed by atoms with Crippen LogP contribution in [0, 0.1) is 0 Å². The van der Waals surface area contributed by atoms with Gasteiger partial charge in [0.2, 0.25) is 0 Å². The first kappa shape index (κ1) is 17.1. The third-order valence-electron chi connectivity index (χ3n) is 3.37. The summed E-state index contributed by atoms with van der Waals surface area (Å²) in [6.07, 6.45) is 3.54. The van der Waals surface area contributed by atoms with Crippen LogP contribution in [0.5, 0.6) is 5.75 Å². The highest BCUT2D eigenvalue weighted by Gasteiger charge is 2.12. The third-order valence-corrected chi connectivity index (χ3v) is 4.26. The molecule has 25 heavy (non-hydrogen) atoms. The van der Waals surface area contributed by atoms with Crippen LogP contribution in [0.4, 0.5) is 0 Å². The van der Waals surface area contributed by atoms with E-state index in [0.717, 1.165) is 21.9 Å². The average Bonchev–Trinajstić information content (AvgIpc) is 3.10. The summed E-state index contributed by atoms with van der Waals surface area (Å²) in [7, 11) is 0. The number of carbonyl (C=O) groups is 1. The van der Waals surface area contributed by atoms with Gasteiger partial charge in [-0.1, -0.05) is 18.2 Å². The molecule has 5 nitrogen and oxygen atoms in total. The lowest BCUT2D eigenvalue weighted by Crippen LogP contribution is -2.23. The van der Waals surface area contributed by atoms with Gasteiger partial charge in [-0.2, -0.15) is 0 Å². The fourth-order valence-electron chi connectivity index (χ4n) is 2.26. The van der Waals surface area contributed by atoms with Gasteiger partial charge in [0.15, 0.2) is 0 Å². The van der Waals surface area contributed by atoms with Crippen LogP contribution in [0.25, 0.3) is 10.6 Å². The van der Waals surface area contributed by atoms with Gasteiger partial charge in [0, 0.05) is 29.9 Å². The molecule has 6 heteroatoms. The molecule has 3 rings (SSSR count). The number of nitrogens with one attached hydrogen (secondary N) is 1. The fraction of sp³-hybridized carbons (Fsp3) is 0.211. The zero-order chi connectivity index (χ0) is 17.6. The lowest BCUT2D eigenvalue weighted by Gasteiger charge is -2.10. The molecule has 0 unspecified atom stereocenters. The molecule has 3 aromatic rings. The monoisotopic (exact) mass is 353 g/mol. The Morgan fingerprint density at radius 3 is 2.92 bits per heavy atom. The summed E-state index contributed by atoms with van der Waals surface area (Å²) in [5, 5.41) is 5.42. The van der Waals surface area contributed by atoms with Crippen molar-refractivity contribution in [1.29, 1.82) is 0 Å². The molecule has 1 aromatic carbocycles. The summed E-state index contributed by atoms with van der Waals surface area (Å²) in [6, 6.07) is 11.5. The maximum atomic E-state index is 12.3. The fourth-order valence-corrected chi connectivity index (χ4v) is 3.06. The molecule has 0 aliphatic rings. The van der Waals surface area contributed by atoms with Gasteiger partial charge in [-0.3, -0.25) is 9.78 Å². The molecule has 0 aliphatic heterocycles. The van der Waals surface area contributed by atoms with Crippen LogP contribution in [0.2, 0.25) is 0 Å². The standard InChI is InChI=1S/C19H19N3O2S/c1-13(2)24-16-7-3-6-15(9-16)19-22-17(12-25-19)18(23)21-11-14-5-4-8-20-10-14/h3-10,12-13H,11H2,1-2H3,(H,21,23). The summed E-state index contributed by atoms with van der Waals surface area (Å²) >= 11 is 1.44. The van der Waals surface area contributed by atoms with E-state index in [2.05, 4.69) is 15.3 Å². The van der Waals surface area contributed by atoms with E-state index >= 15 is 0 Å². The lowest BCUT2D eigenvalue weighted by molar-refractivity contribution is 0.0946. The average molecular weight is 353 g/mol. The van der Waals surface area contributed by atoms with Crippen molar-refractivity contribution >= 4 is 17.2 Å². The quantitative estimate of drug-likeness (QED) is 0.729. The number of thiazole rings is 1. The summed E-state index contributed by atoms with van der Waals surface area (Å²) in [6.45, 7) is 4.40. The Bertz CT molecular complexity index is 847. The van der Waals surface area contributed by atoms with E-state index in [1.807, 2.05) is 50.2 Å². The van der Waals surface area contributed by atoms with Gasteiger partial charge in [-0.05, 0) is 37.6 Å². The van der Waals surface area contributed by atoms with Crippen molar-refractivity contribution in [1.82, 2.24) is 15.3 Å². The molecule has 0 atom stereocenters. The molecule has 2 heterocycles. The summed E-state index contributed by atoms with van der Waals surface area (Å²) in [5.41, 5.74) is 2.30. The van der Waals surface area contributed by atoms with Crippen LogP contribution in [0.15, 0.2) is 54.2 Å². The highest BCUT2D eigenvalue weighted by molar-refractivity contribution is 7.13. The van der Waals surface area contributed by atoms with Crippen LogP contribution in [-0.4, -0.2) is 22.0 Å². The van der Waals surface area contributed by atoms with E-state index in [9.17, 15) is 4.79 Å². The number of benzene rings is 1. The predicted molar refractivity (Wildman–Crippen MR) is 98.7 cm³/mol. The highest BCUT2D eigenvalue weighted by Crippen LogP contribution is 2.27. The number of amides is 1. The Morgan fingerprint density at radius 2 is 2.16 bits per heavy atom. The molecule has 0 saturated carbocycles. The number of hydrogen-bond acceptors (Lipinski definition) is 5. The first-order valence-corrected chi connectivity index (χ1v) is 8.89. The molecular weight excluding hydrogens is 334 g/mol. The van der Waals surface area contributed by atoms with E-state index in [0.29, 0.717) is 12.2 Å². The third kappa shape index (κ3) is 4.64. The Hall–Kier alpha value is -2.73. The number of aromatic nitrogens is 2. The maximum Gasteiger partial charge on any atom is 0.271 e. The minimum Gasteiger partial charge on any atom is -0.491 e. The van der Waals surface area contributed by atoms with Crippen LogP contribution < -0.4 is 10.1 Å². The molecule has 0 fully saturated rings. The smallest absolute Gasteiger partial charge is 0.271 e. The molecule has 0 saturated heterocycles. The summed E-state index contributed by atoms with van der Waals surface area (Å²) in [4.78, 5) is 20.7. The van der Waals surface area contributed by atoms with Crippen molar-refractivity contribution in [2.75, 3.05) is 0 Å². The van der Waals surface area contributed by atoms with Crippen molar-refractivity contribution in [2.45, 2.75) is 26.5 Å². The van der Waals surface area contributed by atoms with Gasteiger partial charge in [-0.15, -0.1) is 11.3 Å². The summed E-state index contributed by atoms with van der Waals surface area (Å²) in [5.74, 6) is 0.603. The second kappa shape index (κ2) is 7.90. The first-order valence-electron chi connectivity index (χ1n) is 8.01. The van der Waals surface area contributed by atoms with Gasteiger partial charge < -0.3 is 10.1 Å². The van der Waals surface area contributed by atoms with Crippen LogP contribution in [-0.2, 0) is 6.54 Å². The Kier molecular flexibility index (Phi) is 5.40. The molecule has 2 aromatic heterocycles. The van der Waals surface area contributed by atoms with Crippen molar-refractivity contribution in [3.05, 3.63) is 65.4 Å². The second-order valence-electron chi connectivity index (χ2n) is 5.78. The zero-order valence-corrected chi connectivity index (χ0v) is 14.9. The molecule has 1 amide bonds. The Morgan fingerprint density at radius 1 is 1.28 bits per heavy atom. The zero-order valence-electron chi connectivity index (χ0n) is 14.1. The van der Waals surface area contributed by atoms with Gasteiger partial charge >= 0.3 is 0 Å². The number of hydrogen-bond donors (Lipinski definition) is 1. The lowest BCUT2D eigenvalue weighted by atomic mass is 10.2. The van der Waals surface area contributed by atoms with E-state index in [1.54, 1.807) is 17.8 Å². The number of rotatable bonds is 6. The number of nitrogens with zero attached hydrogens (tertiary/aromatic N) is 2. The van der Waals surface area contributed by atoms with Gasteiger partial charge in [0.05, 0.1) is 6.10 Å². The minimum absolute atomic E-state index is 0.111. The Labute approximate surface area is 150 Å². The Balaban J connectivity index is 1.68. The molecule has 128 valence electrons. The molecule has 1 N–H and O–H groups in total. The predicted octanol–water partition coefficient (Wildman–Crippen LogP) is 3.92. The van der Waals surface area contributed by atoms with E-state index in [1.165, 1.54) is 11.3 Å². The van der Waals surface area contributed by atoms with E-state index in [4.69, 9.17) is 4.74 Å². The minimum atomic E-state index is -0.194. The van der Waals surface area contributed by atoms with Crippen LogP contribution in [0.1, 0.15) is 29.9 Å². The molecular formula is C19H19N3O2S. The molecule has 0 bridgehead atoms. The molecule has 0 radical (unpaired) electrons. The molecule has 0 aliphatic carbocycles. The second-order valence-corrected chi connectivity index (χ2v) is 6.63. The van der Waals surface area contributed by atoms with E-state index in [-0.39, 0.29) is 12.0 Å². The SMILES string of the molecule is CC(C)Oc1cccc(-c2nc(C(=O)NCc3cccnc3)cs2)c1. The van der Waals surface area contributed by atoms with Crippen molar-refractivity contribution < 1.29 is 9.53 Å². The molecule has 0 spiro atoms. The topological polar surface area (TPSA) is 64.1 Å². The van der Waals surface area contributed by atoms with Crippen molar-refractivity contribution in [3.8, 4) is 16.3 Å². The van der Waals surface area contributed by atoms with Crippen molar-refractivity contribution in [3.63, 3.8) is 0 Å². The summed E-state index contributed by atoms with van der Waals surface area (Å²) < 4.78 is 5.71. The largest absolute Gasteiger partial charge is 0.491 e. The van der Waals surface area contributed by atoms with E-state index < -0.39 is 0 Å². The number of pyridine rings is 1. The highest BCUT2D eigenvalue weighted by atomic mass is 32.1. The van der Waals surface area contributed by atoms with Crippen molar-refractivity contribution in [2.24, 2.45) is 0 Å².